The van der Waals surface area contributed by atoms with Gasteiger partial charge in [-0.05, 0) is 25.2 Å². The van der Waals surface area contributed by atoms with Gasteiger partial charge in [0, 0.05) is 25.6 Å². The van der Waals surface area contributed by atoms with Crippen LogP contribution in [0.25, 0.3) is 0 Å². The SMILES string of the molecule is CCCc1nc(NN)cc(N2CCCC(CC)C2)n1. The molecule has 1 unspecified atom stereocenters. The summed E-state index contributed by atoms with van der Waals surface area (Å²) in [4.78, 5) is 11.5. The minimum atomic E-state index is 0.715. The molecule has 0 amide bonds. The summed E-state index contributed by atoms with van der Waals surface area (Å²) in [6.07, 6.45) is 5.77. The van der Waals surface area contributed by atoms with Gasteiger partial charge >= 0.3 is 0 Å². The number of anilines is 2. The molecule has 19 heavy (non-hydrogen) atoms. The van der Waals surface area contributed by atoms with Crippen LogP contribution in [0, 0.1) is 5.92 Å². The molecule has 106 valence electrons. The zero-order valence-electron chi connectivity index (χ0n) is 12.0. The van der Waals surface area contributed by atoms with E-state index in [0.29, 0.717) is 5.82 Å². The first-order valence-corrected chi connectivity index (χ1v) is 7.36. The van der Waals surface area contributed by atoms with Gasteiger partial charge in [-0.15, -0.1) is 0 Å². The minimum absolute atomic E-state index is 0.715. The molecule has 0 radical (unpaired) electrons. The summed E-state index contributed by atoms with van der Waals surface area (Å²) in [6.45, 7) is 6.59. The van der Waals surface area contributed by atoms with E-state index in [4.69, 9.17) is 5.84 Å². The molecule has 2 heterocycles. The zero-order chi connectivity index (χ0) is 13.7. The van der Waals surface area contributed by atoms with Crippen molar-refractivity contribution in [3.8, 4) is 0 Å². The number of aromatic nitrogens is 2. The Balaban J connectivity index is 2.19. The van der Waals surface area contributed by atoms with E-state index in [1.54, 1.807) is 0 Å². The van der Waals surface area contributed by atoms with Crippen molar-refractivity contribution in [1.29, 1.82) is 0 Å². The Kier molecular flexibility index (Phi) is 4.96. The first-order chi connectivity index (χ1) is 9.26. The number of nitrogens with one attached hydrogen (secondary N) is 1. The molecule has 0 bridgehead atoms. The van der Waals surface area contributed by atoms with E-state index in [0.717, 1.165) is 43.5 Å². The van der Waals surface area contributed by atoms with E-state index in [1.165, 1.54) is 19.3 Å². The van der Waals surface area contributed by atoms with E-state index in [9.17, 15) is 0 Å². The van der Waals surface area contributed by atoms with Crippen molar-refractivity contribution in [2.45, 2.75) is 46.0 Å². The fourth-order valence-electron chi connectivity index (χ4n) is 2.66. The average Bonchev–Trinajstić information content (AvgIpc) is 2.47. The van der Waals surface area contributed by atoms with Crippen LogP contribution in [0.5, 0.6) is 0 Å². The molecule has 0 saturated carbocycles. The Hall–Kier alpha value is -1.36. The third-order valence-electron chi connectivity index (χ3n) is 3.80. The van der Waals surface area contributed by atoms with Crippen LogP contribution in [-0.2, 0) is 6.42 Å². The first kappa shape index (κ1) is 14.1. The number of rotatable bonds is 5. The van der Waals surface area contributed by atoms with Crippen molar-refractivity contribution in [3.63, 3.8) is 0 Å². The van der Waals surface area contributed by atoms with Crippen LogP contribution in [0.15, 0.2) is 6.07 Å². The molecule has 1 aliphatic heterocycles. The Morgan fingerprint density at radius 2 is 2.26 bits per heavy atom. The molecular formula is C14H25N5. The van der Waals surface area contributed by atoms with Crippen molar-refractivity contribution in [2.75, 3.05) is 23.4 Å². The zero-order valence-corrected chi connectivity index (χ0v) is 12.0. The third-order valence-corrected chi connectivity index (χ3v) is 3.80. The number of hydrogen-bond donors (Lipinski definition) is 2. The van der Waals surface area contributed by atoms with Crippen LogP contribution in [0.4, 0.5) is 11.6 Å². The van der Waals surface area contributed by atoms with E-state index < -0.39 is 0 Å². The normalized spacial score (nSPS) is 19.5. The minimum Gasteiger partial charge on any atom is -0.356 e. The predicted molar refractivity (Wildman–Crippen MR) is 79.1 cm³/mol. The summed E-state index contributed by atoms with van der Waals surface area (Å²) in [5.41, 5.74) is 2.65. The highest BCUT2D eigenvalue weighted by atomic mass is 15.3. The van der Waals surface area contributed by atoms with E-state index in [-0.39, 0.29) is 0 Å². The van der Waals surface area contributed by atoms with Crippen molar-refractivity contribution in [2.24, 2.45) is 11.8 Å². The standard InChI is InChI=1S/C14H25N5/c1-3-6-12-16-13(18-15)9-14(17-12)19-8-5-7-11(4-2)10-19/h9,11H,3-8,10,15H2,1-2H3,(H,16,17,18). The summed E-state index contributed by atoms with van der Waals surface area (Å²) in [5, 5.41) is 0. The van der Waals surface area contributed by atoms with Gasteiger partial charge in [0.15, 0.2) is 0 Å². The lowest BCUT2D eigenvalue weighted by Gasteiger charge is -2.33. The summed E-state index contributed by atoms with van der Waals surface area (Å²) in [5.74, 6) is 8.91. The van der Waals surface area contributed by atoms with Crippen LogP contribution in [-0.4, -0.2) is 23.1 Å². The molecule has 1 saturated heterocycles. The largest absolute Gasteiger partial charge is 0.356 e. The molecule has 0 aromatic carbocycles. The molecule has 1 aromatic rings. The van der Waals surface area contributed by atoms with Gasteiger partial charge in [0.05, 0.1) is 0 Å². The van der Waals surface area contributed by atoms with E-state index in [1.807, 2.05) is 6.07 Å². The van der Waals surface area contributed by atoms with Crippen LogP contribution in [0.2, 0.25) is 0 Å². The third kappa shape index (κ3) is 3.56. The molecular weight excluding hydrogens is 238 g/mol. The topological polar surface area (TPSA) is 67.1 Å². The average molecular weight is 263 g/mol. The number of aryl methyl sites for hydroxylation is 1. The van der Waals surface area contributed by atoms with Crippen LogP contribution < -0.4 is 16.2 Å². The van der Waals surface area contributed by atoms with E-state index in [2.05, 4.69) is 34.1 Å². The van der Waals surface area contributed by atoms with Gasteiger partial charge in [0.1, 0.15) is 17.5 Å². The van der Waals surface area contributed by atoms with Gasteiger partial charge in [-0.2, -0.15) is 0 Å². The van der Waals surface area contributed by atoms with Crippen LogP contribution >= 0.6 is 0 Å². The van der Waals surface area contributed by atoms with Crippen molar-refractivity contribution >= 4 is 11.6 Å². The van der Waals surface area contributed by atoms with Crippen LogP contribution in [0.3, 0.4) is 0 Å². The summed E-state index contributed by atoms with van der Waals surface area (Å²) < 4.78 is 0. The van der Waals surface area contributed by atoms with Crippen molar-refractivity contribution < 1.29 is 0 Å². The molecule has 5 nitrogen and oxygen atoms in total. The first-order valence-electron chi connectivity index (χ1n) is 7.36. The molecule has 1 atom stereocenters. The quantitative estimate of drug-likeness (QED) is 0.630. The van der Waals surface area contributed by atoms with Gasteiger partial charge in [-0.3, -0.25) is 0 Å². The monoisotopic (exact) mass is 263 g/mol. The second kappa shape index (κ2) is 6.70. The molecule has 0 spiro atoms. The van der Waals surface area contributed by atoms with Crippen molar-refractivity contribution in [3.05, 3.63) is 11.9 Å². The van der Waals surface area contributed by atoms with Gasteiger partial charge in [0.25, 0.3) is 0 Å². The number of nitrogens with zero attached hydrogens (tertiary/aromatic N) is 3. The Morgan fingerprint density at radius 1 is 1.42 bits per heavy atom. The van der Waals surface area contributed by atoms with Gasteiger partial charge in [-0.25, -0.2) is 15.8 Å². The Morgan fingerprint density at radius 3 is 2.95 bits per heavy atom. The Bertz CT molecular complexity index is 407. The maximum atomic E-state index is 5.51. The van der Waals surface area contributed by atoms with Gasteiger partial charge in [-0.1, -0.05) is 20.3 Å². The smallest absolute Gasteiger partial charge is 0.145 e. The number of piperidine rings is 1. The predicted octanol–water partition coefficient (Wildman–Crippen LogP) is 2.34. The maximum Gasteiger partial charge on any atom is 0.145 e. The maximum absolute atomic E-state index is 5.51. The number of hydrazine groups is 1. The summed E-state index contributed by atoms with van der Waals surface area (Å²) >= 11 is 0. The van der Waals surface area contributed by atoms with Crippen molar-refractivity contribution in [1.82, 2.24) is 9.97 Å². The lowest BCUT2D eigenvalue weighted by molar-refractivity contribution is 0.402. The van der Waals surface area contributed by atoms with Gasteiger partial charge < -0.3 is 10.3 Å². The second-order valence-electron chi connectivity index (χ2n) is 5.28. The van der Waals surface area contributed by atoms with Crippen LogP contribution in [0.1, 0.15) is 45.4 Å². The van der Waals surface area contributed by atoms with Gasteiger partial charge in [0.2, 0.25) is 0 Å². The number of nitrogen functional groups attached to an aromatic ring is 1. The number of nitrogens with two attached hydrogens (primary N) is 1. The summed E-state index contributed by atoms with van der Waals surface area (Å²) in [6, 6.07) is 1.96. The molecule has 2 rings (SSSR count). The highest BCUT2D eigenvalue weighted by molar-refractivity contribution is 5.49. The second-order valence-corrected chi connectivity index (χ2v) is 5.28. The molecule has 1 fully saturated rings. The lowest BCUT2D eigenvalue weighted by atomic mass is 9.96. The Labute approximate surface area is 115 Å². The van der Waals surface area contributed by atoms with E-state index >= 15 is 0 Å². The lowest BCUT2D eigenvalue weighted by Crippen LogP contribution is -2.36. The molecule has 5 heteroatoms. The highest BCUT2D eigenvalue weighted by Gasteiger charge is 2.20. The highest BCUT2D eigenvalue weighted by Crippen LogP contribution is 2.25. The molecule has 1 aromatic heterocycles. The fraction of sp³-hybridized carbons (Fsp3) is 0.714. The fourth-order valence-corrected chi connectivity index (χ4v) is 2.66. The molecule has 0 aliphatic carbocycles. The number of hydrogen-bond acceptors (Lipinski definition) is 5. The summed E-state index contributed by atoms with van der Waals surface area (Å²) in [7, 11) is 0. The molecule has 3 N–H and O–H groups in total. The molecule has 1 aliphatic rings.